The van der Waals surface area contributed by atoms with Crippen molar-refractivity contribution in [2.75, 3.05) is 32.1 Å². The minimum Gasteiger partial charge on any atom is -0.497 e. The number of nitrogens with zero attached hydrogens (tertiary/aromatic N) is 2. The number of ether oxygens (including phenoxy) is 1. The summed E-state index contributed by atoms with van der Waals surface area (Å²) in [5.74, 6) is 1.19. The maximum atomic E-state index is 12.5. The highest BCUT2D eigenvalue weighted by Gasteiger charge is 2.24. The quantitative estimate of drug-likeness (QED) is 0.458. The predicted octanol–water partition coefficient (Wildman–Crippen LogP) is 4.21. The fourth-order valence-electron chi connectivity index (χ4n) is 4.28. The molecule has 1 amide bonds. The van der Waals surface area contributed by atoms with Crippen LogP contribution in [0.3, 0.4) is 0 Å². The lowest BCUT2D eigenvalue weighted by Gasteiger charge is -2.31. The fraction of sp³-hybridized carbons (Fsp3) is 0.348. The molecule has 4 rings (SSSR count). The second-order valence-corrected chi connectivity index (χ2v) is 8.01. The third-order valence-electron chi connectivity index (χ3n) is 6.01. The van der Waals surface area contributed by atoms with Gasteiger partial charge in [-0.1, -0.05) is 0 Å². The topological polar surface area (TPSA) is 100 Å². The van der Waals surface area contributed by atoms with Crippen molar-refractivity contribution in [2.24, 2.45) is 0 Å². The number of non-ortho nitro benzene ring substituents is 1. The summed E-state index contributed by atoms with van der Waals surface area (Å²) < 4.78 is 5.37. The molecule has 0 aliphatic carbocycles. The number of piperidine rings is 1. The third kappa shape index (κ3) is 4.54. The smallest absolute Gasteiger partial charge is 0.269 e. The first-order valence-corrected chi connectivity index (χ1v) is 10.4. The van der Waals surface area contributed by atoms with Gasteiger partial charge in [-0.3, -0.25) is 19.8 Å². The Labute approximate surface area is 180 Å². The maximum absolute atomic E-state index is 12.5. The molecule has 1 aromatic heterocycles. The van der Waals surface area contributed by atoms with Gasteiger partial charge >= 0.3 is 0 Å². The average Bonchev–Trinajstić information content (AvgIpc) is 3.18. The van der Waals surface area contributed by atoms with Crippen LogP contribution in [0.4, 0.5) is 11.4 Å². The molecular weight excluding hydrogens is 396 g/mol. The molecule has 0 saturated carbocycles. The molecule has 8 heteroatoms. The van der Waals surface area contributed by atoms with E-state index in [-0.39, 0.29) is 11.6 Å². The van der Waals surface area contributed by atoms with Gasteiger partial charge in [-0.15, -0.1) is 0 Å². The number of nitro benzene ring substituents is 1. The van der Waals surface area contributed by atoms with E-state index in [9.17, 15) is 14.9 Å². The molecule has 1 aliphatic rings. The number of hydrogen-bond donors (Lipinski definition) is 2. The molecule has 2 N–H and O–H groups in total. The van der Waals surface area contributed by atoms with Crippen LogP contribution >= 0.6 is 0 Å². The number of aromatic amines is 1. The third-order valence-corrected chi connectivity index (χ3v) is 6.01. The van der Waals surface area contributed by atoms with E-state index in [2.05, 4.69) is 27.5 Å². The Morgan fingerprint density at radius 3 is 2.71 bits per heavy atom. The van der Waals surface area contributed by atoms with Gasteiger partial charge < -0.3 is 15.0 Å². The second kappa shape index (κ2) is 8.77. The van der Waals surface area contributed by atoms with Crippen molar-refractivity contribution in [3.63, 3.8) is 0 Å². The molecule has 0 bridgehead atoms. The van der Waals surface area contributed by atoms with Crippen LogP contribution in [0.2, 0.25) is 0 Å². The number of methoxy groups -OCH3 is 1. The van der Waals surface area contributed by atoms with Crippen molar-refractivity contribution < 1.29 is 14.5 Å². The van der Waals surface area contributed by atoms with Gasteiger partial charge in [0.25, 0.3) is 5.69 Å². The van der Waals surface area contributed by atoms with Gasteiger partial charge in [0.1, 0.15) is 5.75 Å². The molecule has 162 valence electrons. The first-order chi connectivity index (χ1) is 14.9. The lowest BCUT2D eigenvalue weighted by Crippen LogP contribution is -2.38. The lowest BCUT2D eigenvalue weighted by molar-refractivity contribution is -0.384. The first kappa shape index (κ1) is 20.9. The first-order valence-electron chi connectivity index (χ1n) is 10.4. The molecule has 1 aliphatic heterocycles. The Balaban J connectivity index is 1.34. The Morgan fingerprint density at radius 2 is 2.03 bits per heavy atom. The number of aromatic nitrogens is 1. The van der Waals surface area contributed by atoms with Gasteiger partial charge in [-0.2, -0.15) is 0 Å². The Kier molecular flexibility index (Phi) is 5.90. The number of amides is 1. The summed E-state index contributed by atoms with van der Waals surface area (Å²) in [6.07, 6.45) is 4.05. The number of fused-ring (bicyclic) bond motifs is 1. The number of rotatable bonds is 6. The number of likely N-dealkylation sites (tertiary alicyclic amines) is 1. The Hall–Kier alpha value is -3.39. The molecule has 2 heterocycles. The van der Waals surface area contributed by atoms with Crippen LogP contribution in [0, 0.1) is 17.0 Å². The number of H-pyrrole nitrogens is 1. The molecule has 1 saturated heterocycles. The Morgan fingerprint density at radius 1 is 1.26 bits per heavy atom. The summed E-state index contributed by atoms with van der Waals surface area (Å²) in [4.78, 5) is 28.4. The summed E-state index contributed by atoms with van der Waals surface area (Å²) in [5, 5.41) is 14.9. The van der Waals surface area contributed by atoms with Crippen molar-refractivity contribution in [2.45, 2.75) is 25.7 Å². The second-order valence-electron chi connectivity index (χ2n) is 8.01. The molecule has 3 aromatic rings. The minimum absolute atomic E-state index is 0.0208. The van der Waals surface area contributed by atoms with Crippen molar-refractivity contribution >= 4 is 28.2 Å². The molecule has 1 fully saturated rings. The molecule has 0 spiro atoms. The zero-order valence-corrected chi connectivity index (χ0v) is 17.7. The minimum atomic E-state index is -0.438. The zero-order valence-electron chi connectivity index (χ0n) is 17.7. The van der Waals surface area contributed by atoms with E-state index in [1.54, 1.807) is 20.1 Å². The van der Waals surface area contributed by atoms with Crippen LogP contribution in [-0.2, 0) is 4.79 Å². The number of hydrogen-bond acceptors (Lipinski definition) is 5. The fourth-order valence-corrected chi connectivity index (χ4v) is 4.28. The average molecular weight is 422 g/mol. The van der Waals surface area contributed by atoms with E-state index >= 15 is 0 Å². The van der Waals surface area contributed by atoms with E-state index in [1.165, 1.54) is 23.1 Å². The maximum Gasteiger partial charge on any atom is 0.269 e. The standard InChI is InChI=1S/C23H26N4O4/c1-15-11-17(27(29)30)3-5-21(15)25-23(28)14-26-9-7-16(8-10-26)20-13-24-22-6-4-18(31-2)12-19(20)22/h3-6,11-13,16,24H,7-10,14H2,1-2H3,(H,25,28). The Bertz CT molecular complexity index is 1120. The monoisotopic (exact) mass is 422 g/mol. The normalized spacial score (nSPS) is 15.2. The molecule has 0 atom stereocenters. The largest absolute Gasteiger partial charge is 0.497 e. The van der Waals surface area contributed by atoms with Gasteiger partial charge in [0, 0.05) is 34.9 Å². The van der Waals surface area contributed by atoms with Crippen LogP contribution in [0.25, 0.3) is 10.9 Å². The zero-order chi connectivity index (χ0) is 22.0. The van der Waals surface area contributed by atoms with Gasteiger partial charge in [0.15, 0.2) is 0 Å². The molecule has 0 unspecified atom stereocenters. The lowest BCUT2D eigenvalue weighted by atomic mass is 9.89. The van der Waals surface area contributed by atoms with Gasteiger partial charge in [-0.05, 0) is 74.2 Å². The van der Waals surface area contributed by atoms with Crippen molar-refractivity contribution in [3.05, 3.63) is 63.8 Å². The van der Waals surface area contributed by atoms with Gasteiger partial charge in [0.05, 0.1) is 18.6 Å². The highest BCUT2D eigenvalue weighted by Crippen LogP contribution is 2.34. The number of benzene rings is 2. The summed E-state index contributed by atoms with van der Waals surface area (Å²) in [5.41, 5.74) is 3.72. The number of carbonyl (C=O) groups is 1. The van der Waals surface area contributed by atoms with E-state index in [0.29, 0.717) is 23.7 Å². The van der Waals surface area contributed by atoms with Crippen molar-refractivity contribution in [3.8, 4) is 5.75 Å². The van der Waals surface area contributed by atoms with Crippen LogP contribution < -0.4 is 10.1 Å². The molecular formula is C23H26N4O4. The number of anilines is 1. The molecule has 8 nitrogen and oxygen atoms in total. The van der Waals surface area contributed by atoms with Crippen LogP contribution in [0.1, 0.15) is 29.9 Å². The summed E-state index contributed by atoms with van der Waals surface area (Å²) >= 11 is 0. The number of aryl methyl sites for hydroxylation is 1. The summed E-state index contributed by atoms with van der Waals surface area (Å²) in [7, 11) is 1.68. The van der Waals surface area contributed by atoms with E-state index < -0.39 is 4.92 Å². The van der Waals surface area contributed by atoms with E-state index in [4.69, 9.17) is 4.74 Å². The number of nitrogens with one attached hydrogen (secondary N) is 2. The molecule has 2 aromatic carbocycles. The molecule has 0 radical (unpaired) electrons. The van der Waals surface area contributed by atoms with Crippen molar-refractivity contribution in [1.29, 1.82) is 0 Å². The van der Waals surface area contributed by atoms with Crippen LogP contribution in [0.15, 0.2) is 42.6 Å². The molecule has 31 heavy (non-hydrogen) atoms. The highest BCUT2D eigenvalue weighted by molar-refractivity contribution is 5.93. The van der Waals surface area contributed by atoms with Crippen molar-refractivity contribution in [1.82, 2.24) is 9.88 Å². The van der Waals surface area contributed by atoms with Gasteiger partial charge in [0.2, 0.25) is 5.91 Å². The van der Waals surface area contributed by atoms with Crippen LogP contribution in [-0.4, -0.2) is 47.5 Å². The van der Waals surface area contributed by atoms with E-state index in [0.717, 1.165) is 37.2 Å². The van der Waals surface area contributed by atoms with E-state index in [1.807, 2.05) is 12.1 Å². The van der Waals surface area contributed by atoms with Gasteiger partial charge in [-0.25, -0.2) is 0 Å². The number of nitro groups is 1. The summed E-state index contributed by atoms with van der Waals surface area (Å²) in [6.45, 7) is 3.75. The van der Waals surface area contributed by atoms with Crippen LogP contribution in [0.5, 0.6) is 5.75 Å². The number of carbonyl (C=O) groups excluding carboxylic acids is 1. The predicted molar refractivity (Wildman–Crippen MR) is 120 cm³/mol. The SMILES string of the molecule is COc1ccc2[nH]cc(C3CCN(CC(=O)Nc4ccc([N+](=O)[O-])cc4C)CC3)c2c1. The highest BCUT2D eigenvalue weighted by atomic mass is 16.6. The summed E-state index contributed by atoms with van der Waals surface area (Å²) in [6, 6.07) is 10.5.